The lowest BCUT2D eigenvalue weighted by Gasteiger charge is -2.10. The first-order valence-electron chi connectivity index (χ1n) is 4.66. The molecule has 0 N–H and O–H groups in total. The maximum atomic E-state index is 6.97. The Hall–Kier alpha value is -1.31. The van der Waals surface area contributed by atoms with Gasteiger partial charge in [-0.05, 0) is 5.92 Å². The third kappa shape index (κ3) is 1.53. The van der Waals surface area contributed by atoms with Gasteiger partial charge in [-0.3, -0.25) is 0 Å². The molecule has 2 aromatic heterocycles. The third-order valence-corrected chi connectivity index (χ3v) is 2.91. The van der Waals surface area contributed by atoms with Crippen LogP contribution in [0.4, 0.5) is 5.69 Å². The zero-order valence-electron chi connectivity index (χ0n) is 8.70. The van der Waals surface area contributed by atoms with Gasteiger partial charge in [0.05, 0.1) is 12.8 Å². The molecule has 0 radical (unpaired) electrons. The van der Waals surface area contributed by atoms with Crippen molar-refractivity contribution in [1.82, 2.24) is 14.6 Å². The standard InChI is InChI=1S/C10H8Cl2N4/c1-5(2)7-8(11)15-10-6(13-3)4-14-16(10)9(7)12/h4-5H,1-2H3. The molecule has 2 aromatic rings. The van der Waals surface area contributed by atoms with E-state index in [4.69, 9.17) is 29.8 Å². The molecule has 0 aliphatic rings. The molecule has 2 heterocycles. The number of nitrogens with zero attached hydrogens (tertiary/aromatic N) is 4. The lowest BCUT2D eigenvalue weighted by atomic mass is 10.1. The summed E-state index contributed by atoms with van der Waals surface area (Å²) in [5.74, 6) is 0.150. The lowest BCUT2D eigenvalue weighted by Crippen LogP contribution is -2.01. The Labute approximate surface area is 103 Å². The molecule has 0 atom stereocenters. The Bertz CT molecular complexity index is 595. The second-order valence-corrected chi connectivity index (χ2v) is 4.35. The molecule has 0 saturated heterocycles. The predicted octanol–water partition coefficient (Wildman–Crippen LogP) is 3.71. The Morgan fingerprint density at radius 1 is 1.44 bits per heavy atom. The summed E-state index contributed by atoms with van der Waals surface area (Å²) in [5.41, 5.74) is 1.49. The number of fused-ring (bicyclic) bond motifs is 1. The lowest BCUT2D eigenvalue weighted by molar-refractivity contribution is 0.822. The largest absolute Gasteiger partial charge is 0.250 e. The smallest absolute Gasteiger partial charge is 0.232 e. The van der Waals surface area contributed by atoms with Gasteiger partial charge in [0.25, 0.3) is 0 Å². The van der Waals surface area contributed by atoms with E-state index in [1.807, 2.05) is 13.8 Å². The molecular weight excluding hydrogens is 247 g/mol. The van der Waals surface area contributed by atoms with E-state index in [2.05, 4.69) is 14.9 Å². The van der Waals surface area contributed by atoms with Crippen LogP contribution in [0.15, 0.2) is 6.20 Å². The van der Waals surface area contributed by atoms with Crippen LogP contribution in [0.3, 0.4) is 0 Å². The molecule has 16 heavy (non-hydrogen) atoms. The second-order valence-electron chi connectivity index (χ2n) is 3.64. The highest BCUT2D eigenvalue weighted by molar-refractivity contribution is 6.35. The number of hydrogen-bond acceptors (Lipinski definition) is 2. The zero-order valence-corrected chi connectivity index (χ0v) is 10.2. The SMILES string of the molecule is [C-]#[N+]c1cnn2c(Cl)c(C(C)C)c(Cl)nc12. The van der Waals surface area contributed by atoms with E-state index in [1.165, 1.54) is 10.7 Å². The third-order valence-electron chi connectivity index (χ3n) is 2.26. The highest BCUT2D eigenvalue weighted by atomic mass is 35.5. The van der Waals surface area contributed by atoms with Crippen molar-refractivity contribution in [2.45, 2.75) is 19.8 Å². The summed E-state index contributed by atoms with van der Waals surface area (Å²) in [6.45, 7) is 10.9. The Morgan fingerprint density at radius 2 is 2.12 bits per heavy atom. The van der Waals surface area contributed by atoms with Gasteiger partial charge in [-0.1, -0.05) is 37.0 Å². The van der Waals surface area contributed by atoms with Gasteiger partial charge in [-0.25, -0.2) is 14.3 Å². The van der Waals surface area contributed by atoms with Gasteiger partial charge in [-0.2, -0.15) is 5.10 Å². The van der Waals surface area contributed by atoms with E-state index in [9.17, 15) is 0 Å². The van der Waals surface area contributed by atoms with Crippen molar-refractivity contribution in [3.05, 3.63) is 33.5 Å². The molecule has 6 heteroatoms. The van der Waals surface area contributed by atoms with Gasteiger partial charge in [0, 0.05) is 5.56 Å². The number of rotatable bonds is 1. The van der Waals surface area contributed by atoms with Crippen LogP contribution in [0.1, 0.15) is 25.3 Å². The minimum absolute atomic E-state index is 0.150. The molecule has 0 bridgehead atoms. The van der Waals surface area contributed by atoms with Crippen molar-refractivity contribution in [2.24, 2.45) is 0 Å². The molecule has 0 saturated carbocycles. The quantitative estimate of drug-likeness (QED) is 0.575. The van der Waals surface area contributed by atoms with Gasteiger partial charge < -0.3 is 0 Å². The summed E-state index contributed by atoms with van der Waals surface area (Å²) in [4.78, 5) is 7.46. The molecule has 0 fully saturated rings. The molecule has 0 aliphatic carbocycles. The van der Waals surface area contributed by atoms with E-state index in [1.54, 1.807) is 0 Å². The Kier molecular flexibility index (Phi) is 2.75. The first-order chi connectivity index (χ1) is 7.56. The first-order valence-corrected chi connectivity index (χ1v) is 5.42. The highest BCUT2D eigenvalue weighted by Crippen LogP contribution is 2.32. The summed E-state index contributed by atoms with van der Waals surface area (Å²) >= 11 is 12.2. The number of halogens is 2. The summed E-state index contributed by atoms with van der Waals surface area (Å²) in [5, 5.41) is 4.77. The summed E-state index contributed by atoms with van der Waals surface area (Å²) < 4.78 is 1.44. The summed E-state index contributed by atoms with van der Waals surface area (Å²) in [7, 11) is 0. The first kappa shape index (κ1) is 11.2. The van der Waals surface area contributed by atoms with Crippen molar-refractivity contribution in [2.75, 3.05) is 0 Å². The topological polar surface area (TPSA) is 34.5 Å². The van der Waals surface area contributed by atoms with Crippen LogP contribution < -0.4 is 0 Å². The van der Waals surface area contributed by atoms with Gasteiger partial charge in [0.2, 0.25) is 5.69 Å². The van der Waals surface area contributed by atoms with Crippen LogP contribution in [0, 0.1) is 6.57 Å². The highest BCUT2D eigenvalue weighted by Gasteiger charge is 2.18. The fourth-order valence-corrected chi connectivity index (χ4v) is 2.36. The van der Waals surface area contributed by atoms with Crippen LogP contribution in [0.2, 0.25) is 10.3 Å². The van der Waals surface area contributed by atoms with Crippen LogP contribution >= 0.6 is 23.2 Å². The normalized spacial score (nSPS) is 11.0. The average molecular weight is 255 g/mol. The van der Waals surface area contributed by atoms with Crippen LogP contribution in [-0.2, 0) is 0 Å². The van der Waals surface area contributed by atoms with E-state index in [-0.39, 0.29) is 5.92 Å². The molecule has 2 rings (SSSR count). The van der Waals surface area contributed by atoms with Gasteiger partial charge in [0.15, 0.2) is 5.65 Å². The van der Waals surface area contributed by atoms with Gasteiger partial charge >= 0.3 is 0 Å². The van der Waals surface area contributed by atoms with Gasteiger partial charge in [0.1, 0.15) is 10.3 Å². The molecular formula is C10H8Cl2N4. The monoisotopic (exact) mass is 254 g/mol. The molecule has 0 spiro atoms. The van der Waals surface area contributed by atoms with Crippen LogP contribution in [0.25, 0.3) is 10.5 Å². The minimum Gasteiger partial charge on any atom is -0.232 e. The van der Waals surface area contributed by atoms with Crippen molar-refractivity contribution >= 4 is 34.5 Å². The second kappa shape index (κ2) is 3.93. The van der Waals surface area contributed by atoms with Crippen molar-refractivity contribution in [3.8, 4) is 0 Å². The zero-order chi connectivity index (χ0) is 11.9. The number of aromatic nitrogens is 3. The van der Waals surface area contributed by atoms with E-state index >= 15 is 0 Å². The van der Waals surface area contributed by atoms with Crippen LogP contribution in [0.5, 0.6) is 0 Å². The molecule has 82 valence electrons. The summed E-state index contributed by atoms with van der Waals surface area (Å²) in [6.07, 6.45) is 1.43. The van der Waals surface area contributed by atoms with Crippen molar-refractivity contribution < 1.29 is 0 Å². The Morgan fingerprint density at radius 3 is 2.69 bits per heavy atom. The van der Waals surface area contributed by atoms with Gasteiger partial charge in [-0.15, -0.1) is 0 Å². The fraction of sp³-hybridized carbons (Fsp3) is 0.300. The molecule has 0 aliphatic heterocycles. The maximum Gasteiger partial charge on any atom is 0.250 e. The van der Waals surface area contributed by atoms with E-state index in [0.717, 1.165) is 5.56 Å². The maximum absolute atomic E-state index is 6.97. The number of hydrogen-bond donors (Lipinski definition) is 0. The predicted molar refractivity (Wildman–Crippen MR) is 63.4 cm³/mol. The summed E-state index contributed by atoms with van der Waals surface area (Å²) in [6, 6.07) is 0. The minimum atomic E-state index is 0.150. The molecule has 0 amide bonds. The average Bonchev–Trinajstić information content (AvgIpc) is 2.60. The van der Waals surface area contributed by atoms with Crippen molar-refractivity contribution in [1.29, 1.82) is 0 Å². The van der Waals surface area contributed by atoms with E-state index in [0.29, 0.717) is 21.6 Å². The molecule has 0 unspecified atom stereocenters. The molecule has 0 aromatic carbocycles. The van der Waals surface area contributed by atoms with Crippen molar-refractivity contribution in [3.63, 3.8) is 0 Å². The van der Waals surface area contributed by atoms with Crippen LogP contribution in [-0.4, -0.2) is 14.6 Å². The Balaban J connectivity index is 2.86. The van der Waals surface area contributed by atoms with E-state index < -0.39 is 0 Å². The fourth-order valence-electron chi connectivity index (χ4n) is 1.49. The molecule has 4 nitrogen and oxygen atoms in total.